The Kier molecular flexibility index (Phi) is 5.12. The minimum Gasteiger partial charge on any atom is -0.492 e. The van der Waals surface area contributed by atoms with Crippen LogP contribution in [0.1, 0.15) is 26.5 Å². The normalized spacial score (nSPS) is 10.7. The fourth-order valence-corrected chi connectivity index (χ4v) is 1.26. The van der Waals surface area contributed by atoms with Gasteiger partial charge in [-0.2, -0.15) is 0 Å². The van der Waals surface area contributed by atoms with E-state index in [1.807, 2.05) is 19.1 Å². The molecule has 15 heavy (non-hydrogen) atoms. The topological polar surface area (TPSA) is 34.1 Å². The molecule has 0 unspecified atom stereocenters. The maximum atomic E-state index is 5.32. The van der Waals surface area contributed by atoms with Gasteiger partial charge in [-0.05, 0) is 31.5 Å². The standard InChI is InChI=1S/C12H20N2O/c1-4-15-12-6-5-11(14-9-12)8-13-7-10(2)3/h5-6,9-10,13H,4,7-8H2,1-3H3. The van der Waals surface area contributed by atoms with Crippen LogP contribution in [0.5, 0.6) is 5.75 Å². The third-order valence-electron chi connectivity index (χ3n) is 1.97. The number of rotatable bonds is 6. The van der Waals surface area contributed by atoms with E-state index in [2.05, 4.69) is 24.1 Å². The first-order chi connectivity index (χ1) is 7.22. The summed E-state index contributed by atoms with van der Waals surface area (Å²) in [4.78, 5) is 4.31. The van der Waals surface area contributed by atoms with E-state index in [9.17, 15) is 0 Å². The Labute approximate surface area is 91.9 Å². The number of nitrogens with zero attached hydrogens (tertiary/aromatic N) is 1. The molecular weight excluding hydrogens is 188 g/mol. The van der Waals surface area contributed by atoms with E-state index >= 15 is 0 Å². The highest BCUT2D eigenvalue weighted by atomic mass is 16.5. The summed E-state index contributed by atoms with van der Waals surface area (Å²) in [6.07, 6.45) is 1.77. The number of nitrogens with one attached hydrogen (secondary N) is 1. The van der Waals surface area contributed by atoms with E-state index in [0.717, 1.165) is 24.5 Å². The Balaban J connectivity index is 2.36. The van der Waals surface area contributed by atoms with Crippen molar-refractivity contribution in [2.75, 3.05) is 13.2 Å². The first kappa shape index (κ1) is 12.0. The summed E-state index contributed by atoms with van der Waals surface area (Å²) in [6.45, 7) is 8.89. The quantitative estimate of drug-likeness (QED) is 0.778. The van der Waals surface area contributed by atoms with Crippen LogP contribution in [0, 0.1) is 5.92 Å². The van der Waals surface area contributed by atoms with Crippen LogP contribution in [0.4, 0.5) is 0 Å². The molecule has 1 aromatic rings. The van der Waals surface area contributed by atoms with Crippen molar-refractivity contribution in [1.82, 2.24) is 10.3 Å². The zero-order chi connectivity index (χ0) is 11.1. The van der Waals surface area contributed by atoms with Crippen LogP contribution in [-0.4, -0.2) is 18.1 Å². The molecule has 3 nitrogen and oxygen atoms in total. The Morgan fingerprint density at radius 3 is 2.73 bits per heavy atom. The van der Waals surface area contributed by atoms with Crippen LogP contribution in [0.2, 0.25) is 0 Å². The molecule has 0 saturated heterocycles. The lowest BCUT2D eigenvalue weighted by Crippen LogP contribution is -2.19. The molecule has 0 bridgehead atoms. The number of hydrogen-bond donors (Lipinski definition) is 1. The lowest BCUT2D eigenvalue weighted by atomic mass is 10.2. The highest BCUT2D eigenvalue weighted by molar-refractivity contribution is 5.19. The smallest absolute Gasteiger partial charge is 0.137 e. The van der Waals surface area contributed by atoms with Gasteiger partial charge in [-0.1, -0.05) is 13.8 Å². The molecule has 0 amide bonds. The number of aromatic nitrogens is 1. The van der Waals surface area contributed by atoms with Crippen molar-refractivity contribution in [3.63, 3.8) is 0 Å². The second kappa shape index (κ2) is 6.40. The average Bonchev–Trinajstić information content (AvgIpc) is 2.20. The molecular formula is C12H20N2O. The summed E-state index contributed by atoms with van der Waals surface area (Å²) < 4.78 is 5.32. The van der Waals surface area contributed by atoms with Gasteiger partial charge >= 0.3 is 0 Å². The van der Waals surface area contributed by atoms with E-state index in [4.69, 9.17) is 4.74 Å². The zero-order valence-corrected chi connectivity index (χ0v) is 9.79. The molecule has 1 rings (SSSR count). The van der Waals surface area contributed by atoms with Crippen molar-refractivity contribution in [2.45, 2.75) is 27.3 Å². The second-order valence-corrected chi connectivity index (χ2v) is 3.94. The minimum atomic E-state index is 0.674. The average molecular weight is 208 g/mol. The molecule has 3 heteroatoms. The van der Waals surface area contributed by atoms with Crippen molar-refractivity contribution < 1.29 is 4.74 Å². The van der Waals surface area contributed by atoms with Gasteiger partial charge in [0.2, 0.25) is 0 Å². The molecule has 0 aliphatic heterocycles. The van der Waals surface area contributed by atoms with Gasteiger partial charge in [0.05, 0.1) is 18.5 Å². The van der Waals surface area contributed by atoms with E-state index in [1.165, 1.54) is 0 Å². The van der Waals surface area contributed by atoms with Gasteiger partial charge in [0.15, 0.2) is 0 Å². The molecule has 84 valence electrons. The Morgan fingerprint density at radius 1 is 1.40 bits per heavy atom. The summed E-state index contributed by atoms with van der Waals surface area (Å²) in [7, 11) is 0. The Bertz CT molecular complexity index is 269. The van der Waals surface area contributed by atoms with Crippen LogP contribution in [0.15, 0.2) is 18.3 Å². The Hall–Kier alpha value is -1.09. The minimum absolute atomic E-state index is 0.674. The van der Waals surface area contributed by atoms with Gasteiger partial charge in [0.1, 0.15) is 5.75 Å². The summed E-state index contributed by atoms with van der Waals surface area (Å²) >= 11 is 0. The van der Waals surface area contributed by atoms with Crippen molar-refractivity contribution >= 4 is 0 Å². The van der Waals surface area contributed by atoms with Gasteiger partial charge in [0, 0.05) is 6.54 Å². The summed E-state index contributed by atoms with van der Waals surface area (Å²) in [6, 6.07) is 3.96. The van der Waals surface area contributed by atoms with Gasteiger partial charge in [-0.15, -0.1) is 0 Å². The zero-order valence-electron chi connectivity index (χ0n) is 9.79. The third kappa shape index (κ3) is 4.79. The van der Waals surface area contributed by atoms with Crippen LogP contribution in [0.3, 0.4) is 0 Å². The summed E-state index contributed by atoms with van der Waals surface area (Å²) in [5.74, 6) is 1.51. The van der Waals surface area contributed by atoms with Gasteiger partial charge < -0.3 is 10.1 Å². The number of pyridine rings is 1. The molecule has 1 N–H and O–H groups in total. The predicted molar refractivity (Wildman–Crippen MR) is 62.0 cm³/mol. The maximum Gasteiger partial charge on any atom is 0.137 e. The van der Waals surface area contributed by atoms with Crippen molar-refractivity contribution in [1.29, 1.82) is 0 Å². The first-order valence-electron chi connectivity index (χ1n) is 5.50. The van der Waals surface area contributed by atoms with Gasteiger partial charge in [-0.3, -0.25) is 4.98 Å². The van der Waals surface area contributed by atoms with Crippen LogP contribution in [0.25, 0.3) is 0 Å². The second-order valence-electron chi connectivity index (χ2n) is 3.94. The van der Waals surface area contributed by atoms with Crippen molar-refractivity contribution in [3.05, 3.63) is 24.0 Å². The number of ether oxygens (including phenoxy) is 1. The van der Waals surface area contributed by atoms with E-state index in [-0.39, 0.29) is 0 Å². The monoisotopic (exact) mass is 208 g/mol. The molecule has 0 aliphatic rings. The molecule has 0 radical (unpaired) electrons. The highest BCUT2D eigenvalue weighted by Gasteiger charge is 1.97. The molecule has 0 spiro atoms. The molecule has 0 aliphatic carbocycles. The Morgan fingerprint density at radius 2 is 2.20 bits per heavy atom. The fraction of sp³-hybridized carbons (Fsp3) is 0.583. The molecule has 0 fully saturated rings. The molecule has 0 atom stereocenters. The van der Waals surface area contributed by atoms with Crippen molar-refractivity contribution in [3.8, 4) is 5.75 Å². The third-order valence-corrected chi connectivity index (χ3v) is 1.97. The molecule has 1 aromatic heterocycles. The number of hydrogen-bond acceptors (Lipinski definition) is 3. The lowest BCUT2D eigenvalue weighted by molar-refractivity contribution is 0.338. The molecule has 0 saturated carbocycles. The summed E-state index contributed by atoms with van der Waals surface area (Å²) in [5, 5.41) is 3.35. The van der Waals surface area contributed by atoms with Crippen molar-refractivity contribution in [2.24, 2.45) is 5.92 Å². The van der Waals surface area contributed by atoms with Gasteiger partial charge in [-0.25, -0.2) is 0 Å². The van der Waals surface area contributed by atoms with E-state index in [0.29, 0.717) is 12.5 Å². The summed E-state index contributed by atoms with van der Waals surface area (Å²) in [5.41, 5.74) is 1.05. The predicted octanol–water partition coefficient (Wildman–Crippen LogP) is 2.23. The van der Waals surface area contributed by atoms with Crippen LogP contribution in [-0.2, 0) is 6.54 Å². The van der Waals surface area contributed by atoms with E-state index < -0.39 is 0 Å². The molecule has 0 aromatic carbocycles. The van der Waals surface area contributed by atoms with Crippen LogP contribution < -0.4 is 10.1 Å². The molecule has 1 heterocycles. The SMILES string of the molecule is CCOc1ccc(CNCC(C)C)nc1. The fourth-order valence-electron chi connectivity index (χ4n) is 1.26. The van der Waals surface area contributed by atoms with Gasteiger partial charge in [0.25, 0.3) is 0 Å². The van der Waals surface area contributed by atoms with E-state index in [1.54, 1.807) is 6.20 Å². The first-order valence-corrected chi connectivity index (χ1v) is 5.50. The lowest BCUT2D eigenvalue weighted by Gasteiger charge is -2.07. The van der Waals surface area contributed by atoms with Crippen LogP contribution >= 0.6 is 0 Å². The maximum absolute atomic E-state index is 5.32. The highest BCUT2D eigenvalue weighted by Crippen LogP contribution is 2.08. The largest absolute Gasteiger partial charge is 0.492 e.